The standard InChI is InChI=1S/C28H29F3N2O6/c1-36-23-12-17-10-11-32(15-18(17)13-24(23)37-2)27(35)33-19-6-9-22(33)25(26(34)38-3)21(14-19)16-4-7-20(8-5-16)39-28(29,30)31/h4-5,7-8,12-13,19,22H,6,9-11,14-15H2,1-3H3/t19-,22+/m0/s1. The molecule has 0 aromatic heterocycles. The van der Waals surface area contributed by atoms with Crippen LogP contribution < -0.4 is 14.2 Å². The van der Waals surface area contributed by atoms with E-state index in [-0.39, 0.29) is 17.8 Å². The van der Waals surface area contributed by atoms with Crippen LogP contribution in [0.15, 0.2) is 42.0 Å². The maximum absolute atomic E-state index is 13.9. The second-order valence-electron chi connectivity index (χ2n) is 9.74. The Hall–Kier alpha value is -3.89. The van der Waals surface area contributed by atoms with Gasteiger partial charge in [0.05, 0.1) is 32.9 Å². The molecule has 2 aromatic rings. The number of ether oxygens (including phenoxy) is 4. The van der Waals surface area contributed by atoms with Crippen LogP contribution in [0.3, 0.4) is 0 Å². The lowest BCUT2D eigenvalue weighted by Gasteiger charge is -2.41. The minimum absolute atomic E-state index is 0.149. The highest BCUT2D eigenvalue weighted by molar-refractivity contribution is 6.01. The van der Waals surface area contributed by atoms with Crippen molar-refractivity contribution in [1.29, 1.82) is 0 Å². The average Bonchev–Trinajstić information content (AvgIpc) is 3.23. The van der Waals surface area contributed by atoms with Gasteiger partial charge in [-0.3, -0.25) is 0 Å². The molecule has 1 fully saturated rings. The van der Waals surface area contributed by atoms with E-state index >= 15 is 0 Å². The molecule has 2 bridgehead atoms. The van der Waals surface area contributed by atoms with Gasteiger partial charge in [0, 0.05) is 19.1 Å². The van der Waals surface area contributed by atoms with Crippen molar-refractivity contribution in [2.24, 2.45) is 0 Å². The first kappa shape index (κ1) is 26.7. The van der Waals surface area contributed by atoms with Gasteiger partial charge < -0.3 is 28.7 Å². The lowest BCUT2D eigenvalue weighted by Crippen LogP contribution is -2.53. The van der Waals surface area contributed by atoms with Crippen LogP contribution in [0.4, 0.5) is 18.0 Å². The molecule has 0 saturated carbocycles. The first-order valence-electron chi connectivity index (χ1n) is 12.6. The summed E-state index contributed by atoms with van der Waals surface area (Å²) in [5.74, 6) is 0.338. The Labute approximate surface area is 223 Å². The maximum atomic E-state index is 13.9. The molecule has 2 aromatic carbocycles. The summed E-state index contributed by atoms with van der Waals surface area (Å²) in [6.07, 6.45) is -2.46. The zero-order chi connectivity index (χ0) is 27.9. The molecule has 3 aliphatic rings. The topological polar surface area (TPSA) is 77.5 Å². The van der Waals surface area contributed by atoms with Crippen LogP contribution in [-0.2, 0) is 22.5 Å². The smallest absolute Gasteiger partial charge is 0.493 e. The van der Waals surface area contributed by atoms with E-state index < -0.39 is 18.4 Å². The zero-order valence-corrected chi connectivity index (χ0v) is 21.8. The SMILES string of the molecule is COC(=O)C1=C(c2ccc(OC(F)(F)F)cc2)C[C@@H]2CC[C@H]1N2C(=O)N1CCc2cc(OC)c(OC)cc2C1. The van der Waals surface area contributed by atoms with E-state index in [1.807, 2.05) is 12.1 Å². The zero-order valence-electron chi connectivity index (χ0n) is 21.8. The third-order valence-corrected chi connectivity index (χ3v) is 7.65. The lowest BCUT2D eigenvalue weighted by atomic mass is 9.88. The molecule has 0 aliphatic carbocycles. The first-order chi connectivity index (χ1) is 18.6. The summed E-state index contributed by atoms with van der Waals surface area (Å²) in [6.45, 7) is 0.914. The summed E-state index contributed by atoms with van der Waals surface area (Å²) in [7, 11) is 4.43. The highest BCUT2D eigenvalue weighted by Gasteiger charge is 2.48. The van der Waals surface area contributed by atoms with Crippen LogP contribution >= 0.6 is 0 Å². The van der Waals surface area contributed by atoms with Gasteiger partial charge in [-0.1, -0.05) is 12.1 Å². The lowest BCUT2D eigenvalue weighted by molar-refractivity contribution is -0.274. The second kappa shape index (κ2) is 10.3. The Morgan fingerprint density at radius 3 is 2.23 bits per heavy atom. The summed E-state index contributed by atoms with van der Waals surface area (Å²) < 4.78 is 57.7. The molecule has 2 atom stereocenters. The average molecular weight is 547 g/mol. The van der Waals surface area contributed by atoms with Gasteiger partial charge in [0.15, 0.2) is 11.5 Å². The van der Waals surface area contributed by atoms with E-state index in [2.05, 4.69) is 4.74 Å². The number of urea groups is 1. The molecule has 0 unspecified atom stereocenters. The van der Waals surface area contributed by atoms with Gasteiger partial charge in [0.25, 0.3) is 0 Å². The number of fused-ring (bicyclic) bond motifs is 3. The van der Waals surface area contributed by atoms with E-state index in [9.17, 15) is 22.8 Å². The fourth-order valence-electron chi connectivity index (χ4n) is 5.91. The van der Waals surface area contributed by atoms with Crippen LogP contribution in [-0.4, -0.2) is 68.1 Å². The summed E-state index contributed by atoms with van der Waals surface area (Å²) >= 11 is 0. The fraction of sp³-hybridized carbons (Fsp3) is 0.429. The van der Waals surface area contributed by atoms with Crippen molar-refractivity contribution in [1.82, 2.24) is 9.80 Å². The summed E-state index contributed by atoms with van der Waals surface area (Å²) in [4.78, 5) is 30.4. The minimum Gasteiger partial charge on any atom is -0.493 e. The molecule has 39 heavy (non-hydrogen) atoms. The number of alkyl halides is 3. The molecule has 5 rings (SSSR count). The molecule has 3 aliphatic heterocycles. The first-order valence-corrected chi connectivity index (χ1v) is 12.6. The molecule has 11 heteroatoms. The predicted octanol–water partition coefficient (Wildman–Crippen LogP) is 4.94. The van der Waals surface area contributed by atoms with Crippen molar-refractivity contribution in [3.63, 3.8) is 0 Å². The van der Waals surface area contributed by atoms with Crippen molar-refractivity contribution >= 4 is 17.6 Å². The number of rotatable bonds is 5. The van der Waals surface area contributed by atoms with Crippen LogP contribution in [0.5, 0.6) is 17.2 Å². The van der Waals surface area contributed by atoms with Crippen LogP contribution in [0.25, 0.3) is 5.57 Å². The number of hydrogen-bond donors (Lipinski definition) is 0. The number of halogens is 3. The van der Waals surface area contributed by atoms with Crippen molar-refractivity contribution < 1.29 is 41.7 Å². The number of nitrogens with zero attached hydrogens (tertiary/aromatic N) is 2. The van der Waals surface area contributed by atoms with Gasteiger partial charge in [-0.15, -0.1) is 13.2 Å². The van der Waals surface area contributed by atoms with E-state index in [1.54, 1.807) is 24.0 Å². The molecule has 3 heterocycles. The fourth-order valence-corrected chi connectivity index (χ4v) is 5.91. The van der Waals surface area contributed by atoms with Crippen molar-refractivity contribution in [2.75, 3.05) is 27.9 Å². The van der Waals surface area contributed by atoms with E-state index in [0.29, 0.717) is 67.0 Å². The molecule has 1 saturated heterocycles. The third-order valence-electron chi connectivity index (χ3n) is 7.65. The summed E-state index contributed by atoms with van der Waals surface area (Å²) in [5.41, 5.74) is 3.71. The van der Waals surface area contributed by atoms with Crippen molar-refractivity contribution in [3.8, 4) is 17.2 Å². The highest BCUT2D eigenvalue weighted by atomic mass is 19.4. The number of methoxy groups -OCH3 is 3. The van der Waals surface area contributed by atoms with Crippen molar-refractivity contribution in [3.05, 3.63) is 58.7 Å². The molecule has 208 valence electrons. The maximum Gasteiger partial charge on any atom is 0.573 e. The Morgan fingerprint density at radius 2 is 1.62 bits per heavy atom. The minimum atomic E-state index is -4.80. The Morgan fingerprint density at radius 1 is 0.949 bits per heavy atom. The van der Waals surface area contributed by atoms with E-state index in [4.69, 9.17) is 14.2 Å². The van der Waals surface area contributed by atoms with Gasteiger partial charge in [0.1, 0.15) is 5.75 Å². The third kappa shape index (κ3) is 5.09. The molecule has 2 amide bonds. The monoisotopic (exact) mass is 546 g/mol. The molecular weight excluding hydrogens is 517 g/mol. The molecular formula is C28H29F3N2O6. The normalized spacial score (nSPS) is 20.5. The van der Waals surface area contributed by atoms with Gasteiger partial charge in [0.2, 0.25) is 0 Å². The Kier molecular flexibility index (Phi) is 7.09. The second-order valence-corrected chi connectivity index (χ2v) is 9.74. The van der Waals surface area contributed by atoms with Gasteiger partial charge in [-0.05, 0) is 72.2 Å². The number of carbonyl (C=O) groups excluding carboxylic acids is 2. The van der Waals surface area contributed by atoms with E-state index in [0.717, 1.165) is 11.1 Å². The van der Waals surface area contributed by atoms with Crippen LogP contribution in [0.1, 0.15) is 36.0 Å². The Bertz CT molecular complexity index is 1310. The van der Waals surface area contributed by atoms with Crippen LogP contribution in [0.2, 0.25) is 0 Å². The largest absolute Gasteiger partial charge is 0.573 e. The van der Waals surface area contributed by atoms with E-state index in [1.165, 1.54) is 31.4 Å². The van der Waals surface area contributed by atoms with Gasteiger partial charge in [-0.25, -0.2) is 9.59 Å². The quantitative estimate of drug-likeness (QED) is 0.495. The predicted molar refractivity (Wildman–Crippen MR) is 134 cm³/mol. The molecule has 0 spiro atoms. The number of carbonyl (C=O) groups is 2. The van der Waals surface area contributed by atoms with Crippen molar-refractivity contribution in [2.45, 2.75) is 50.7 Å². The summed E-state index contributed by atoms with van der Waals surface area (Å²) in [6, 6.07) is 8.48. The van der Waals surface area contributed by atoms with Gasteiger partial charge in [-0.2, -0.15) is 0 Å². The number of benzene rings is 2. The number of hydrogen-bond acceptors (Lipinski definition) is 6. The highest BCUT2D eigenvalue weighted by Crippen LogP contribution is 2.45. The molecule has 0 radical (unpaired) electrons. The number of amides is 2. The number of esters is 1. The van der Waals surface area contributed by atoms with Gasteiger partial charge >= 0.3 is 18.4 Å². The molecule has 8 nitrogen and oxygen atoms in total. The molecule has 0 N–H and O–H groups in total. The summed E-state index contributed by atoms with van der Waals surface area (Å²) in [5, 5.41) is 0. The Balaban J connectivity index is 1.42. The van der Waals surface area contributed by atoms with Crippen LogP contribution in [0, 0.1) is 0 Å².